The third-order valence-electron chi connectivity index (χ3n) is 9.98. The minimum absolute atomic E-state index is 0.00998. The van der Waals surface area contributed by atoms with Gasteiger partial charge in [0.2, 0.25) is 0 Å². The monoisotopic (exact) mass is 477 g/mol. The molecule has 2 aromatic rings. The molecule has 2 heterocycles. The van der Waals surface area contributed by atoms with Crippen molar-refractivity contribution in [2.75, 3.05) is 27.3 Å². The highest BCUT2D eigenvalue weighted by Gasteiger charge is 2.69. The number of hydrogen-bond donors (Lipinski definition) is 2. The summed E-state index contributed by atoms with van der Waals surface area (Å²) in [6, 6.07) is 15.3. The molecule has 1 saturated carbocycles. The first-order valence-corrected chi connectivity index (χ1v) is 13.4. The number of aryl methyl sites for hydroxylation is 1. The third-order valence-corrected chi connectivity index (χ3v) is 9.98. The van der Waals surface area contributed by atoms with Gasteiger partial charge >= 0.3 is 0 Å². The fourth-order valence-electron chi connectivity index (χ4n) is 8.15. The van der Waals surface area contributed by atoms with Crippen LogP contribution in [-0.2, 0) is 18.3 Å². The van der Waals surface area contributed by atoms with Crippen LogP contribution in [-0.4, -0.2) is 60.7 Å². The average molecular weight is 478 g/mol. The van der Waals surface area contributed by atoms with Gasteiger partial charge in [0.05, 0.1) is 19.8 Å². The van der Waals surface area contributed by atoms with Gasteiger partial charge < -0.3 is 24.6 Å². The Hall–Kier alpha value is -2.08. The molecule has 5 heteroatoms. The minimum Gasteiger partial charge on any atom is -0.493 e. The summed E-state index contributed by atoms with van der Waals surface area (Å²) >= 11 is 0. The van der Waals surface area contributed by atoms with E-state index in [0.717, 1.165) is 69.4 Å². The zero-order valence-corrected chi connectivity index (χ0v) is 21.1. The van der Waals surface area contributed by atoms with Crippen LogP contribution in [0.1, 0.15) is 55.2 Å². The molecule has 6 rings (SSSR count). The molecule has 0 radical (unpaired) electrons. The fourth-order valence-corrected chi connectivity index (χ4v) is 8.15. The molecular formula is C30H39NO4. The normalized spacial score (nSPS) is 34.9. The van der Waals surface area contributed by atoms with Crippen LogP contribution in [0.3, 0.4) is 0 Å². The van der Waals surface area contributed by atoms with E-state index >= 15 is 0 Å². The van der Waals surface area contributed by atoms with Gasteiger partial charge in [-0.2, -0.15) is 0 Å². The molecule has 35 heavy (non-hydrogen) atoms. The Morgan fingerprint density at radius 1 is 1.11 bits per heavy atom. The topological polar surface area (TPSA) is 62.2 Å². The third kappa shape index (κ3) is 3.38. The second kappa shape index (κ2) is 8.79. The molecule has 6 atom stereocenters. The summed E-state index contributed by atoms with van der Waals surface area (Å²) < 4.78 is 12.4. The summed E-state index contributed by atoms with van der Waals surface area (Å²) in [5.41, 5.74) is 3.32. The maximum absolute atomic E-state index is 11.9. The van der Waals surface area contributed by atoms with E-state index in [1.54, 1.807) is 7.11 Å². The molecule has 5 nitrogen and oxygen atoms in total. The Balaban J connectivity index is 1.27. The minimum atomic E-state index is -0.690. The van der Waals surface area contributed by atoms with Crippen LogP contribution in [0.2, 0.25) is 0 Å². The van der Waals surface area contributed by atoms with Crippen LogP contribution >= 0.6 is 0 Å². The molecule has 4 aliphatic rings. The highest BCUT2D eigenvalue weighted by Crippen LogP contribution is 2.66. The lowest BCUT2D eigenvalue weighted by Gasteiger charge is -2.62. The highest BCUT2D eigenvalue weighted by molar-refractivity contribution is 5.61. The smallest absolute Gasteiger partial charge is 0.165 e. The predicted octanol–water partition coefficient (Wildman–Crippen LogP) is 4.12. The Morgan fingerprint density at radius 2 is 1.94 bits per heavy atom. The zero-order valence-electron chi connectivity index (χ0n) is 21.1. The lowest BCUT2D eigenvalue weighted by atomic mass is 9.46. The molecular weight excluding hydrogens is 438 g/mol. The van der Waals surface area contributed by atoms with Gasteiger partial charge in [-0.1, -0.05) is 49.2 Å². The second-order valence-electron chi connectivity index (χ2n) is 11.5. The van der Waals surface area contributed by atoms with E-state index in [1.807, 2.05) is 6.07 Å². The molecule has 1 saturated heterocycles. The number of piperidine rings is 1. The quantitative estimate of drug-likeness (QED) is 0.560. The summed E-state index contributed by atoms with van der Waals surface area (Å²) in [5.74, 6) is 1.98. The Morgan fingerprint density at radius 3 is 2.71 bits per heavy atom. The van der Waals surface area contributed by atoms with E-state index in [4.69, 9.17) is 9.47 Å². The van der Waals surface area contributed by atoms with Crippen LogP contribution in [0.5, 0.6) is 11.5 Å². The van der Waals surface area contributed by atoms with Crippen LogP contribution in [0.15, 0.2) is 42.5 Å². The van der Waals surface area contributed by atoms with Crippen LogP contribution < -0.4 is 9.47 Å². The van der Waals surface area contributed by atoms with Crippen molar-refractivity contribution < 1.29 is 19.7 Å². The van der Waals surface area contributed by atoms with Gasteiger partial charge in [0, 0.05) is 22.4 Å². The number of nitrogens with zero attached hydrogens (tertiary/aromatic N) is 1. The Labute approximate surface area is 209 Å². The van der Waals surface area contributed by atoms with Gasteiger partial charge in [0.15, 0.2) is 11.5 Å². The average Bonchev–Trinajstić information content (AvgIpc) is 3.23. The van der Waals surface area contributed by atoms with E-state index in [2.05, 4.69) is 48.3 Å². The largest absolute Gasteiger partial charge is 0.493 e. The molecule has 2 bridgehead atoms. The van der Waals surface area contributed by atoms with Gasteiger partial charge in [-0.05, 0) is 75.2 Å². The van der Waals surface area contributed by atoms with E-state index in [1.165, 1.54) is 16.7 Å². The van der Waals surface area contributed by atoms with Crippen molar-refractivity contribution in [1.29, 1.82) is 0 Å². The molecule has 0 amide bonds. The number of likely N-dealkylation sites (tertiary alicyclic amines) is 1. The Bertz CT molecular complexity index is 1070. The highest BCUT2D eigenvalue weighted by atomic mass is 16.5. The number of unbranched alkanes of at least 4 members (excludes halogenated alkanes) is 2. The fraction of sp³-hybridized carbons (Fsp3) is 0.600. The first-order chi connectivity index (χ1) is 17.0. The first-order valence-electron chi connectivity index (χ1n) is 13.4. The number of rotatable bonds is 8. The number of aliphatic hydroxyl groups is 2. The van der Waals surface area contributed by atoms with Gasteiger partial charge in [-0.3, -0.25) is 0 Å². The SMILES string of the molecule is COc1ccc2c3c1OC1[C@H](O)[C@](CO)(CCCCCc4ccccc4)CC4C(C2)N(C)CCC341. The summed E-state index contributed by atoms with van der Waals surface area (Å²) in [6.45, 7) is 1.02. The maximum Gasteiger partial charge on any atom is 0.165 e. The number of ether oxygens (including phenoxy) is 2. The van der Waals surface area contributed by atoms with E-state index in [-0.39, 0.29) is 18.1 Å². The summed E-state index contributed by atoms with van der Waals surface area (Å²) in [6.07, 6.45) is 6.99. The molecule has 2 N–H and O–H groups in total. The number of aliphatic hydroxyl groups excluding tert-OH is 2. The van der Waals surface area contributed by atoms with Crippen molar-refractivity contribution >= 4 is 0 Å². The lowest BCUT2D eigenvalue weighted by molar-refractivity contribution is -0.179. The number of methoxy groups -OCH3 is 1. The lowest BCUT2D eigenvalue weighted by Crippen LogP contribution is -2.70. The Kier molecular flexibility index (Phi) is 5.86. The van der Waals surface area contributed by atoms with E-state index in [0.29, 0.717) is 12.0 Å². The van der Waals surface area contributed by atoms with E-state index in [9.17, 15) is 10.2 Å². The standard InChI is InChI=1S/C30H39NO4/c1-31-16-15-30-22-18-29(19-32,14-8-4-7-11-20-9-5-3-6-10-20)27(33)28(30)35-26-24(34-2)13-12-21(25(26)30)17-23(22)31/h3,5-6,9-10,12-13,22-23,27-28,32-33H,4,7-8,11,14-19H2,1-2H3/t22?,23?,27-,28?,29+,30?/m0/s1. The molecule has 0 aromatic heterocycles. The molecule has 2 aliphatic carbocycles. The van der Waals surface area contributed by atoms with Gasteiger partial charge in [0.1, 0.15) is 6.10 Å². The summed E-state index contributed by atoms with van der Waals surface area (Å²) in [4.78, 5) is 2.51. The van der Waals surface area contributed by atoms with Crippen molar-refractivity contribution in [2.24, 2.45) is 11.3 Å². The summed E-state index contributed by atoms with van der Waals surface area (Å²) in [7, 11) is 3.94. The predicted molar refractivity (Wildman–Crippen MR) is 136 cm³/mol. The van der Waals surface area contributed by atoms with Crippen molar-refractivity contribution in [3.63, 3.8) is 0 Å². The van der Waals surface area contributed by atoms with Crippen LogP contribution in [0.4, 0.5) is 0 Å². The molecule has 188 valence electrons. The van der Waals surface area contributed by atoms with Gasteiger partial charge in [-0.15, -0.1) is 0 Å². The summed E-state index contributed by atoms with van der Waals surface area (Å²) in [5, 5.41) is 22.7. The number of likely N-dealkylation sites (N-methyl/N-ethyl adjacent to an activating group) is 1. The van der Waals surface area contributed by atoms with Gasteiger partial charge in [-0.25, -0.2) is 0 Å². The first kappa shape index (κ1) is 23.3. The zero-order chi connectivity index (χ0) is 24.2. The number of benzene rings is 2. The second-order valence-corrected chi connectivity index (χ2v) is 11.5. The molecule has 1 spiro atoms. The molecule has 2 aliphatic heterocycles. The molecule has 2 aromatic carbocycles. The molecule has 2 fully saturated rings. The van der Waals surface area contributed by atoms with Gasteiger partial charge in [0.25, 0.3) is 0 Å². The number of hydrogen-bond acceptors (Lipinski definition) is 5. The molecule has 4 unspecified atom stereocenters. The maximum atomic E-state index is 11.9. The van der Waals surface area contributed by atoms with Crippen molar-refractivity contribution in [3.8, 4) is 11.5 Å². The van der Waals surface area contributed by atoms with E-state index < -0.39 is 11.5 Å². The van der Waals surface area contributed by atoms with Crippen molar-refractivity contribution in [1.82, 2.24) is 4.90 Å². The van der Waals surface area contributed by atoms with Crippen molar-refractivity contribution in [2.45, 2.75) is 75.0 Å². The van der Waals surface area contributed by atoms with Crippen LogP contribution in [0, 0.1) is 11.3 Å². The van der Waals surface area contributed by atoms with Crippen LogP contribution in [0.25, 0.3) is 0 Å². The van der Waals surface area contributed by atoms with Crippen molar-refractivity contribution in [3.05, 3.63) is 59.2 Å².